The topological polar surface area (TPSA) is 89.3 Å². The number of carboxylic acids is 1. The first-order chi connectivity index (χ1) is 9.29. The zero-order valence-electron chi connectivity index (χ0n) is 10.4. The first-order valence-corrected chi connectivity index (χ1v) is 7.98. The largest absolute Gasteiger partial charge is 0.478 e. The minimum atomic E-state index is -3.67. The van der Waals surface area contributed by atoms with Gasteiger partial charge in [0, 0.05) is 17.7 Å². The summed E-state index contributed by atoms with van der Waals surface area (Å²) in [5.74, 6) is -1.46. The van der Waals surface area contributed by atoms with Crippen molar-refractivity contribution in [1.29, 1.82) is 0 Å². The minimum Gasteiger partial charge on any atom is -0.478 e. The first kappa shape index (κ1) is 14.7. The van der Waals surface area contributed by atoms with Crippen molar-refractivity contribution < 1.29 is 18.3 Å². The average molecular weight is 359 g/mol. The number of carbonyl (C=O) groups is 1. The second kappa shape index (κ2) is 5.37. The zero-order chi connectivity index (χ0) is 14.9. The van der Waals surface area contributed by atoms with Crippen LogP contribution in [0, 0.1) is 0 Å². The normalized spacial score (nSPS) is 11.5. The summed E-state index contributed by atoms with van der Waals surface area (Å²) in [6.45, 7) is 0. The van der Waals surface area contributed by atoms with Crippen molar-refractivity contribution in [2.45, 2.75) is 10.6 Å². The van der Waals surface area contributed by atoms with Crippen molar-refractivity contribution in [2.24, 2.45) is 7.05 Å². The lowest BCUT2D eigenvalue weighted by Gasteiger charge is -2.06. The molecule has 0 aliphatic heterocycles. The number of carboxylic acid groups (broad SMARTS) is 1. The van der Waals surface area contributed by atoms with E-state index in [1.165, 1.54) is 16.8 Å². The van der Waals surface area contributed by atoms with Crippen molar-refractivity contribution in [3.8, 4) is 0 Å². The lowest BCUT2D eigenvalue weighted by molar-refractivity contribution is 0.0696. The molecule has 0 fully saturated rings. The van der Waals surface area contributed by atoms with Crippen molar-refractivity contribution in [3.05, 3.63) is 46.2 Å². The van der Waals surface area contributed by atoms with Gasteiger partial charge in [0.15, 0.2) is 9.84 Å². The molecule has 0 spiro atoms. The van der Waals surface area contributed by atoms with Crippen LogP contribution >= 0.6 is 15.9 Å². The third-order valence-electron chi connectivity index (χ3n) is 2.62. The van der Waals surface area contributed by atoms with Gasteiger partial charge in [0.2, 0.25) is 0 Å². The summed E-state index contributed by atoms with van der Waals surface area (Å²) >= 11 is 3.14. The van der Waals surface area contributed by atoms with Crippen LogP contribution in [0.25, 0.3) is 0 Å². The van der Waals surface area contributed by atoms with E-state index in [4.69, 9.17) is 5.11 Å². The molecular formula is C12H11BrN2O4S. The quantitative estimate of drug-likeness (QED) is 0.900. The maximum absolute atomic E-state index is 12.3. The standard InChI is InChI=1S/C12H11BrN2O4S/c1-15-5-4-9(14-15)7-20(18,19)11-6-8(12(16)17)2-3-10(11)13/h2-6H,7H2,1H3,(H,16,17). The van der Waals surface area contributed by atoms with Gasteiger partial charge in [0.1, 0.15) is 0 Å². The van der Waals surface area contributed by atoms with Gasteiger partial charge >= 0.3 is 5.97 Å². The Hall–Kier alpha value is -1.67. The van der Waals surface area contributed by atoms with E-state index in [9.17, 15) is 13.2 Å². The van der Waals surface area contributed by atoms with E-state index < -0.39 is 15.8 Å². The highest BCUT2D eigenvalue weighted by Crippen LogP contribution is 2.26. The summed E-state index contributed by atoms with van der Waals surface area (Å²) in [6.07, 6.45) is 1.65. The number of aromatic carboxylic acids is 1. The molecule has 2 rings (SSSR count). The van der Waals surface area contributed by atoms with E-state index in [0.717, 1.165) is 6.07 Å². The molecule has 8 heteroatoms. The van der Waals surface area contributed by atoms with Gasteiger partial charge < -0.3 is 5.11 Å². The number of sulfone groups is 1. The average Bonchev–Trinajstić information content (AvgIpc) is 2.73. The number of hydrogen-bond donors (Lipinski definition) is 1. The van der Waals surface area contributed by atoms with E-state index >= 15 is 0 Å². The van der Waals surface area contributed by atoms with Crippen molar-refractivity contribution in [2.75, 3.05) is 0 Å². The molecule has 1 aromatic carbocycles. The Balaban J connectivity index is 2.43. The molecule has 0 saturated carbocycles. The molecule has 0 radical (unpaired) electrons. The first-order valence-electron chi connectivity index (χ1n) is 5.54. The van der Waals surface area contributed by atoms with Gasteiger partial charge in [0.05, 0.1) is 21.9 Å². The van der Waals surface area contributed by atoms with Crippen LogP contribution in [0.3, 0.4) is 0 Å². The molecule has 106 valence electrons. The van der Waals surface area contributed by atoms with Crippen LogP contribution in [0.1, 0.15) is 16.1 Å². The molecule has 20 heavy (non-hydrogen) atoms. The second-order valence-corrected chi connectivity index (χ2v) is 7.00. The number of benzene rings is 1. The van der Waals surface area contributed by atoms with E-state index in [0.29, 0.717) is 10.2 Å². The molecule has 1 aromatic heterocycles. The Kier molecular flexibility index (Phi) is 3.96. The minimum absolute atomic E-state index is 0.0527. The van der Waals surface area contributed by atoms with Crippen LogP contribution in [-0.4, -0.2) is 29.3 Å². The van der Waals surface area contributed by atoms with E-state index in [-0.39, 0.29) is 16.2 Å². The fraction of sp³-hybridized carbons (Fsp3) is 0.167. The number of nitrogens with zero attached hydrogens (tertiary/aromatic N) is 2. The molecule has 0 bridgehead atoms. The van der Waals surface area contributed by atoms with Gasteiger partial charge in [0.25, 0.3) is 0 Å². The Morgan fingerprint density at radius 2 is 2.10 bits per heavy atom. The number of rotatable bonds is 4. The van der Waals surface area contributed by atoms with Crippen LogP contribution in [-0.2, 0) is 22.6 Å². The van der Waals surface area contributed by atoms with Crippen molar-refractivity contribution in [3.63, 3.8) is 0 Å². The SMILES string of the molecule is Cn1ccc(CS(=O)(=O)c2cc(C(=O)O)ccc2Br)n1. The van der Waals surface area contributed by atoms with E-state index in [1.807, 2.05) is 0 Å². The molecule has 6 nitrogen and oxygen atoms in total. The Morgan fingerprint density at radius 3 is 2.65 bits per heavy atom. The van der Waals surface area contributed by atoms with Crippen LogP contribution in [0.2, 0.25) is 0 Å². The van der Waals surface area contributed by atoms with Crippen molar-refractivity contribution >= 4 is 31.7 Å². The third kappa shape index (κ3) is 3.07. The molecule has 0 aliphatic rings. The highest BCUT2D eigenvalue weighted by atomic mass is 79.9. The Labute approximate surface area is 124 Å². The molecule has 0 atom stereocenters. The summed E-state index contributed by atoms with van der Waals surface area (Å²) in [4.78, 5) is 10.9. The maximum Gasteiger partial charge on any atom is 0.335 e. The number of aromatic nitrogens is 2. The molecule has 0 saturated heterocycles. The molecular weight excluding hydrogens is 348 g/mol. The van der Waals surface area contributed by atoms with Crippen LogP contribution in [0.4, 0.5) is 0 Å². The van der Waals surface area contributed by atoms with E-state index in [1.54, 1.807) is 19.3 Å². The second-order valence-electron chi connectivity index (χ2n) is 4.19. The van der Waals surface area contributed by atoms with Crippen molar-refractivity contribution in [1.82, 2.24) is 9.78 Å². The molecule has 0 amide bonds. The monoisotopic (exact) mass is 358 g/mol. The Morgan fingerprint density at radius 1 is 1.40 bits per heavy atom. The van der Waals surface area contributed by atoms with Gasteiger partial charge in [-0.05, 0) is 40.2 Å². The number of aryl methyl sites for hydroxylation is 1. The van der Waals surface area contributed by atoms with Crippen LogP contribution in [0.5, 0.6) is 0 Å². The highest BCUT2D eigenvalue weighted by Gasteiger charge is 2.21. The molecule has 1 heterocycles. The van der Waals surface area contributed by atoms with Crippen LogP contribution < -0.4 is 0 Å². The number of hydrogen-bond acceptors (Lipinski definition) is 4. The summed E-state index contributed by atoms with van der Waals surface area (Å²) in [6, 6.07) is 5.50. The fourth-order valence-electron chi connectivity index (χ4n) is 1.69. The molecule has 0 unspecified atom stereocenters. The lowest BCUT2D eigenvalue weighted by Crippen LogP contribution is -2.08. The number of halogens is 1. The van der Waals surface area contributed by atoms with Gasteiger partial charge in [-0.2, -0.15) is 5.10 Å². The molecule has 1 N–H and O–H groups in total. The lowest BCUT2D eigenvalue weighted by atomic mass is 10.2. The molecule has 2 aromatic rings. The van der Waals surface area contributed by atoms with Crippen LogP contribution in [0.15, 0.2) is 39.8 Å². The predicted octanol–water partition coefficient (Wildman–Crippen LogP) is 1.85. The maximum atomic E-state index is 12.3. The van der Waals surface area contributed by atoms with Gasteiger partial charge in [-0.25, -0.2) is 13.2 Å². The van der Waals surface area contributed by atoms with Gasteiger partial charge in [-0.3, -0.25) is 4.68 Å². The van der Waals surface area contributed by atoms with Gasteiger partial charge in [-0.1, -0.05) is 0 Å². The highest BCUT2D eigenvalue weighted by molar-refractivity contribution is 9.10. The summed E-state index contributed by atoms with van der Waals surface area (Å²) < 4.78 is 26.5. The summed E-state index contributed by atoms with van der Waals surface area (Å²) in [7, 11) is -1.98. The smallest absolute Gasteiger partial charge is 0.335 e. The predicted molar refractivity (Wildman–Crippen MR) is 75.2 cm³/mol. The third-order valence-corrected chi connectivity index (χ3v) is 5.26. The Bertz CT molecular complexity index is 768. The summed E-state index contributed by atoms with van der Waals surface area (Å²) in [5.41, 5.74) is 0.327. The van der Waals surface area contributed by atoms with E-state index in [2.05, 4.69) is 21.0 Å². The molecule has 0 aliphatic carbocycles. The van der Waals surface area contributed by atoms with Gasteiger partial charge in [-0.15, -0.1) is 0 Å². The zero-order valence-corrected chi connectivity index (χ0v) is 12.8. The fourth-order valence-corrected chi connectivity index (χ4v) is 4.04. The summed E-state index contributed by atoms with van der Waals surface area (Å²) in [5, 5.41) is 12.9.